The second-order valence-corrected chi connectivity index (χ2v) is 6.27. The normalized spacial score (nSPS) is 12.0. The molecule has 140 valence electrons. The lowest BCUT2D eigenvalue weighted by atomic mass is 10.1. The van der Waals surface area contributed by atoms with Gasteiger partial charge < -0.3 is 11.1 Å². The smallest absolute Gasteiger partial charge is 0.254 e. The Kier molecular flexibility index (Phi) is 5.61. The van der Waals surface area contributed by atoms with Gasteiger partial charge in [0.2, 0.25) is 0 Å². The maximum atomic E-state index is 13.8. The SMILES string of the molecule is Cn1ncc(C(=O)NCC(N)c2ccc(F)cc2F)c1Cc1ccccc1. The van der Waals surface area contributed by atoms with Crippen LogP contribution in [0.5, 0.6) is 0 Å². The Bertz CT molecular complexity index is 940. The van der Waals surface area contributed by atoms with E-state index in [9.17, 15) is 13.6 Å². The molecular formula is C20H20F2N4O. The summed E-state index contributed by atoms with van der Waals surface area (Å²) in [5.41, 5.74) is 8.34. The zero-order valence-electron chi connectivity index (χ0n) is 14.8. The number of carbonyl (C=O) groups is 1. The first-order valence-electron chi connectivity index (χ1n) is 8.49. The fourth-order valence-electron chi connectivity index (χ4n) is 2.86. The van der Waals surface area contributed by atoms with Gasteiger partial charge in [0, 0.05) is 31.6 Å². The van der Waals surface area contributed by atoms with Gasteiger partial charge in [-0.2, -0.15) is 5.10 Å². The van der Waals surface area contributed by atoms with Crippen molar-refractivity contribution < 1.29 is 13.6 Å². The average Bonchev–Trinajstić information content (AvgIpc) is 3.01. The number of halogens is 2. The van der Waals surface area contributed by atoms with Crippen LogP contribution in [0, 0.1) is 11.6 Å². The van der Waals surface area contributed by atoms with Crippen LogP contribution in [0.4, 0.5) is 8.78 Å². The van der Waals surface area contributed by atoms with Crippen LogP contribution in [0.25, 0.3) is 0 Å². The molecule has 2 aromatic carbocycles. The molecule has 27 heavy (non-hydrogen) atoms. The van der Waals surface area contributed by atoms with Crippen molar-refractivity contribution in [2.75, 3.05) is 6.54 Å². The van der Waals surface area contributed by atoms with Gasteiger partial charge in [-0.25, -0.2) is 8.78 Å². The van der Waals surface area contributed by atoms with Crippen molar-refractivity contribution in [3.63, 3.8) is 0 Å². The van der Waals surface area contributed by atoms with Crippen molar-refractivity contribution in [1.82, 2.24) is 15.1 Å². The number of hydrogen-bond donors (Lipinski definition) is 2. The number of aromatic nitrogens is 2. The van der Waals surface area contributed by atoms with Crippen LogP contribution in [-0.4, -0.2) is 22.2 Å². The van der Waals surface area contributed by atoms with Crippen LogP contribution < -0.4 is 11.1 Å². The molecule has 0 radical (unpaired) electrons. The van der Waals surface area contributed by atoms with Crippen LogP contribution in [0.1, 0.15) is 33.2 Å². The molecule has 1 aromatic heterocycles. The molecule has 0 spiro atoms. The van der Waals surface area contributed by atoms with Gasteiger partial charge in [-0.15, -0.1) is 0 Å². The van der Waals surface area contributed by atoms with Crippen molar-refractivity contribution in [2.45, 2.75) is 12.5 Å². The lowest BCUT2D eigenvalue weighted by molar-refractivity contribution is 0.0950. The molecule has 0 aliphatic heterocycles. The number of nitrogens with zero attached hydrogens (tertiary/aromatic N) is 2. The molecular weight excluding hydrogens is 350 g/mol. The van der Waals surface area contributed by atoms with E-state index in [1.807, 2.05) is 30.3 Å². The van der Waals surface area contributed by atoms with E-state index in [0.29, 0.717) is 12.0 Å². The van der Waals surface area contributed by atoms with Crippen LogP contribution in [0.3, 0.4) is 0 Å². The van der Waals surface area contributed by atoms with E-state index in [2.05, 4.69) is 10.4 Å². The molecule has 1 unspecified atom stereocenters. The second-order valence-electron chi connectivity index (χ2n) is 6.27. The molecule has 3 N–H and O–H groups in total. The lowest BCUT2D eigenvalue weighted by Gasteiger charge is -2.14. The molecule has 7 heteroatoms. The van der Waals surface area contributed by atoms with Crippen molar-refractivity contribution >= 4 is 5.91 Å². The zero-order valence-corrected chi connectivity index (χ0v) is 14.8. The Balaban J connectivity index is 1.69. The zero-order chi connectivity index (χ0) is 19.4. The van der Waals surface area contributed by atoms with Gasteiger partial charge in [-0.3, -0.25) is 9.48 Å². The fourth-order valence-corrected chi connectivity index (χ4v) is 2.86. The topological polar surface area (TPSA) is 72.9 Å². The molecule has 1 atom stereocenters. The van der Waals surface area contributed by atoms with Crippen molar-refractivity contribution in [1.29, 1.82) is 0 Å². The summed E-state index contributed by atoms with van der Waals surface area (Å²) in [7, 11) is 1.77. The van der Waals surface area contributed by atoms with E-state index in [1.165, 1.54) is 12.3 Å². The number of nitrogens with one attached hydrogen (secondary N) is 1. The Morgan fingerprint density at radius 2 is 1.96 bits per heavy atom. The largest absolute Gasteiger partial charge is 0.350 e. The maximum absolute atomic E-state index is 13.8. The van der Waals surface area contributed by atoms with Gasteiger partial charge in [-0.05, 0) is 11.6 Å². The lowest BCUT2D eigenvalue weighted by Crippen LogP contribution is -2.32. The predicted octanol–water partition coefficient (Wildman–Crippen LogP) is 2.72. The maximum Gasteiger partial charge on any atom is 0.254 e. The fraction of sp³-hybridized carbons (Fsp3) is 0.200. The van der Waals surface area contributed by atoms with Crippen LogP contribution in [-0.2, 0) is 13.5 Å². The quantitative estimate of drug-likeness (QED) is 0.701. The first kappa shape index (κ1) is 18.7. The molecule has 1 heterocycles. The van der Waals surface area contributed by atoms with Gasteiger partial charge in [0.15, 0.2) is 0 Å². The average molecular weight is 370 g/mol. The third-order valence-corrected chi connectivity index (χ3v) is 4.37. The standard InChI is InChI=1S/C20H20F2N4O/c1-26-19(9-13-5-3-2-4-6-13)16(11-25-26)20(27)24-12-18(23)15-8-7-14(21)10-17(15)22/h2-8,10-11,18H,9,12,23H2,1H3,(H,24,27). The van der Waals surface area contributed by atoms with E-state index in [-0.39, 0.29) is 18.0 Å². The third kappa shape index (κ3) is 4.38. The summed E-state index contributed by atoms with van der Waals surface area (Å²) in [4.78, 5) is 12.6. The summed E-state index contributed by atoms with van der Waals surface area (Å²) in [6.07, 6.45) is 2.05. The molecule has 0 aliphatic rings. The number of carbonyl (C=O) groups excluding carboxylic acids is 1. The van der Waals surface area contributed by atoms with Crippen LogP contribution >= 0.6 is 0 Å². The van der Waals surface area contributed by atoms with Crippen molar-refractivity contribution in [2.24, 2.45) is 12.8 Å². The Labute approximate surface area is 155 Å². The molecule has 0 aliphatic carbocycles. The monoisotopic (exact) mass is 370 g/mol. The molecule has 1 amide bonds. The van der Waals surface area contributed by atoms with Gasteiger partial charge in [0.1, 0.15) is 11.6 Å². The summed E-state index contributed by atoms with van der Waals surface area (Å²) in [5.74, 6) is -1.75. The first-order chi connectivity index (χ1) is 13.0. The Hall–Kier alpha value is -3.06. The first-order valence-corrected chi connectivity index (χ1v) is 8.49. The van der Waals surface area contributed by atoms with Gasteiger partial charge in [-0.1, -0.05) is 36.4 Å². The van der Waals surface area contributed by atoms with Crippen LogP contribution in [0.15, 0.2) is 54.7 Å². The molecule has 3 rings (SSSR count). The van der Waals surface area contributed by atoms with E-state index in [0.717, 1.165) is 23.4 Å². The van der Waals surface area contributed by atoms with Gasteiger partial charge >= 0.3 is 0 Å². The molecule has 0 saturated carbocycles. The van der Waals surface area contributed by atoms with Crippen molar-refractivity contribution in [3.8, 4) is 0 Å². The number of aryl methyl sites for hydroxylation is 1. The summed E-state index contributed by atoms with van der Waals surface area (Å²) >= 11 is 0. The van der Waals surface area contributed by atoms with Crippen LogP contribution in [0.2, 0.25) is 0 Å². The molecule has 0 saturated heterocycles. The van der Waals surface area contributed by atoms with E-state index in [1.54, 1.807) is 11.7 Å². The molecule has 0 bridgehead atoms. The summed E-state index contributed by atoms with van der Waals surface area (Å²) < 4.78 is 28.5. The summed E-state index contributed by atoms with van der Waals surface area (Å²) in [6, 6.07) is 12.1. The van der Waals surface area contributed by atoms with Crippen molar-refractivity contribution in [3.05, 3.63) is 88.7 Å². The number of amides is 1. The third-order valence-electron chi connectivity index (χ3n) is 4.37. The highest BCUT2D eigenvalue weighted by Gasteiger charge is 2.18. The van der Waals surface area contributed by atoms with Gasteiger partial charge in [0.25, 0.3) is 5.91 Å². The molecule has 0 fully saturated rings. The second kappa shape index (κ2) is 8.09. The number of hydrogen-bond acceptors (Lipinski definition) is 3. The van der Waals surface area contributed by atoms with E-state index < -0.39 is 17.7 Å². The number of rotatable bonds is 6. The molecule has 3 aromatic rings. The highest BCUT2D eigenvalue weighted by Crippen LogP contribution is 2.17. The Morgan fingerprint density at radius 1 is 1.22 bits per heavy atom. The molecule has 5 nitrogen and oxygen atoms in total. The summed E-state index contributed by atoms with van der Waals surface area (Å²) in [6.45, 7) is 0.0149. The summed E-state index contributed by atoms with van der Waals surface area (Å²) in [5, 5.41) is 6.87. The Morgan fingerprint density at radius 3 is 2.67 bits per heavy atom. The number of benzene rings is 2. The highest BCUT2D eigenvalue weighted by molar-refractivity contribution is 5.95. The van der Waals surface area contributed by atoms with E-state index >= 15 is 0 Å². The minimum atomic E-state index is -0.788. The minimum Gasteiger partial charge on any atom is -0.350 e. The van der Waals surface area contributed by atoms with E-state index in [4.69, 9.17) is 5.73 Å². The number of nitrogens with two attached hydrogens (primary N) is 1. The van der Waals surface area contributed by atoms with Gasteiger partial charge in [0.05, 0.1) is 23.5 Å². The minimum absolute atomic E-state index is 0.0149. The predicted molar refractivity (Wildman–Crippen MR) is 98.1 cm³/mol. The highest BCUT2D eigenvalue weighted by atomic mass is 19.1.